The molecule has 0 spiro atoms. The van der Waals surface area contributed by atoms with Crippen molar-refractivity contribution in [2.45, 2.75) is 45.8 Å². The van der Waals surface area contributed by atoms with Crippen LogP contribution < -0.4 is 5.32 Å². The highest BCUT2D eigenvalue weighted by Gasteiger charge is 2.47. The molecule has 1 atom stereocenters. The van der Waals surface area contributed by atoms with E-state index in [-0.39, 0.29) is 11.8 Å². The fraction of sp³-hybridized carbons (Fsp3) is 0.360. The van der Waals surface area contributed by atoms with Crippen molar-refractivity contribution in [3.63, 3.8) is 0 Å². The van der Waals surface area contributed by atoms with Crippen LogP contribution in [0.4, 0.5) is 0 Å². The van der Waals surface area contributed by atoms with Gasteiger partial charge in [-0.1, -0.05) is 55.8 Å². The third-order valence-corrected chi connectivity index (χ3v) is 6.34. The van der Waals surface area contributed by atoms with E-state index in [0.29, 0.717) is 36.3 Å². The Labute approximate surface area is 188 Å². The molecule has 0 radical (unpaired) electrons. The Bertz CT molecular complexity index is 1120. The number of halogens is 1. The van der Waals surface area contributed by atoms with E-state index in [1.807, 2.05) is 66.1 Å². The van der Waals surface area contributed by atoms with Gasteiger partial charge in [0.05, 0.1) is 6.54 Å². The summed E-state index contributed by atoms with van der Waals surface area (Å²) in [7, 11) is 0. The third-order valence-electron chi connectivity index (χ3n) is 6.09. The minimum Gasteiger partial charge on any atom is -0.354 e. The standard InChI is InChI=1S/C25H28ClN3O2/c1-17(2)12-13-27-24(31)25(3)16-28-21-7-5-4-6-19(21)14-22(28)23(30)29(25)15-18-8-10-20(26)11-9-18/h4-11,14,17H,12-13,15-16H2,1-3H3,(H,27,31). The zero-order valence-electron chi connectivity index (χ0n) is 18.2. The van der Waals surface area contributed by atoms with Gasteiger partial charge in [-0.25, -0.2) is 0 Å². The molecule has 1 aromatic heterocycles. The SMILES string of the molecule is CC(C)CCNC(=O)C1(C)Cn2c(cc3ccccc32)C(=O)N1Cc1ccc(Cl)cc1. The van der Waals surface area contributed by atoms with Crippen LogP contribution in [0, 0.1) is 5.92 Å². The topological polar surface area (TPSA) is 54.3 Å². The lowest BCUT2D eigenvalue weighted by Crippen LogP contribution is -2.63. The number of nitrogens with one attached hydrogen (secondary N) is 1. The number of aromatic nitrogens is 1. The van der Waals surface area contributed by atoms with Crippen LogP contribution in [-0.2, 0) is 17.9 Å². The van der Waals surface area contributed by atoms with Crippen molar-refractivity contribution in [1.82, 2.24) is 14.8 Å². The molecule has 2 aromatic carbocycles. The van der Waals surface area contributed by atoms with E-state index in [1.54, 1.807) is 4.90 Å². The van der Waals surface area contributed by atoms with Gasteiger partial charge in [0.25, 0.3) is 5.91 Å². The monoisotopic (exact) mass is 437 g/mol. The van der Waals surface area contributed by atoms with Gasteiger partial charge in [0, 0.05) is 29.0 Å². The Balaban J connectivity index is 1.73. The molecule has 4 rings (SSSR count). The third kappa shape index (κ3) is 4.07. The summed E-state index contributed by atoms with van der Waals surface area (Å²) in [5, 5.41) is 4.72. The Morgan fingerprint density at radius 1 is 1.16 bits per heavy atom. The van der Waals surface area contributed by atoms with Gasteiger partial charge in [-0.3, -0.25) is 9.59 Å². The fourth-order valence-electron chi connectivity index (χ4n) is 4.19. The molecular formula is C25H28ClN3O2. The molecule has 162 valence electrons. The number of carbonyl (C=O) groups excluding carboxylic acids is 2. The van der Waals surface area contributed by atoms with Gasteiger partial charge < -0.3 is 14.8 Å². The number of rotatable bonds is 6. The molecule has 0 bridgehead atoms. The molecule has 2 heterocycles. The summed E-state index contributed by atoms with van der Waals surface area (Å²) in [6.07, 6.45) is 0.894. The lowest BCUT2D eigenvalue weighted by molar-refractivity contribution is -0.133. The first kappa shape index (κ1) is 21.4. The van der Waals surface area contributed by atoms with Crippen LogP contribution >= 0.6 is 11.6 Å². The molecule has 1 N–H and O–H groups in total. The number of hydrogen-bond acceptors (Lipinski definition) is 2. The summed E-state index contributed by atoms with van der Waals surface area (Å²) < 4.78 is 1.98. The van der Waals surface area contributed by atoms with Crippen molar-refractivity contribution in [2.24, 2.45) is 5.92 Å². The van der Waals surface area contributed by atoms with Gasteiger partial charge in [-0.15, -0.1) is 0 Å². The van der Waals surface area contributed by atoms with Crippen LogP contribution in [0.3, 0.4) is 0 Å². The Hall–Kier alpha value is -2.79. The average molecular weight is 438 g/mol. The minimum atomic E-state index is -1.01. The number of amides is 2. The molecule has 0 aliphatic carbocycles. The fourth-order valence-corrected chi connectivity index (χ4v) is 4.32. The van der Waals surface area contributed by atoms with Crippen molar-refractivity contribution in [1.29, 1.82) is 0 Å². The predicted molar refractivity (Wildman–Crippen MR) is 124 cm³/mol. The summed E-state index contributed by atoms with van der Waals surface area (Å²) in [6.45, 7) is 7.46. The molecule has 31 heavy (non-hydrogen) atoms. The van der Waals surface area contributed by atoms with Gasteiger partial charge in [-0.2, -0.15) is 0 Å². The van der Waals surface area contributed by atoms with Crippen molar-refractivity contribution in [3.8, 4) is 0 Å². The second kappa shape index (κ2) is 8.39. The largest absolute Gasteiger partial charge is 0.354 e. The molecule has 0 saturated carbocycles. The van der Waals surface area contributed by atoms with E-state index in [4.69, 9.17) is 11.6 Å². The molecule has 1 aliphatic rings. The second-order valence-electron chi connectivity index (χ2n) is 8.90. The van der Waals surface area contributed by atoms with Crippen molar-refractivity contribution in [3.05, 3.63) is 70.9 Å². The van der Waals surface area contributed by atoms with Gasteiger partial charge in [0.1, 0.15) is 11.2 Å². The number of fused-ring (bicyclic) bond motifs is 3. The quantitative estimate of drug-likeness (QED) is 0.598. The van der Waals surface area contributed by atoms with Gasteiger partial charge in [0.2, 0.25) is 5.91 Å². The normalized spacial score (nSPS) is 18.5. The van der Waals surface area contributed by atoms with Crippen LogP contribution in [0.25, 0.3) is 10.9 Å². The van der Waals surface area contributed by atoms with Crippen LogP contribution in [0.2, 0.25) is 5.02 Å². The molecular weight excluding hydrogens is 410 g/mol. The van der Waals surface area contributed by atoms with E-state index >= 15 is 0 Å². The number of carbonyl (C=O) groups is 2. The number of hydrogen-bond donors (Lipinski definition) is 1. The highest BCUT2D eigenvalue weighted by Crippen LogP contribution is 2.33. The molecule has 0 saturated heterocycles. The zero-order chi connectivity index (χ0) is 22.2. The van der Waals surface area contributed by atoms with Crippen molar-refractivity contribution in [2.75, 3.05) is 6.54 Å². The van der Waals surface area contributed by atoms with E-state index in [2.05, 4.69) is 19.2 Å². The second-order valence-corrected chi connectivity index (χ2v) is 9.34. The molecule has 1 unspecified atom stereocenters. The number of benzene rings is 2. The average Bonchev–Trinajstić information content (AvgIpc) is 3.10. The molecule has 3 aromatic rings. The van der Waals surface area contributed by atoms with Gasteiger partial charge in [-0.05, 0) is 49.1 Å². The Kier molecular flexibility index (Phi) is 5.80. The molecule has 1 aliphatic heterocycles. The Morgan fingerprint density at radius 3 is 2.58 bits per heavy atom. The first-order valence-corrected chi connectivity index (χ1v) is 11.1. The summed E-state index contributed by atoms with van der Waals surface area (Å²) in [6, 6.07) is 17.2. The summed E-state index contributed by atoms with van der Waals surface area (Å²) >= 11 is 6.04. The van der Waals surface area contributed by atoms with Crippen LogP contribution in [-0.4, -0.2) is 33.4 Å². The highest BCUT2D eigenvalue weighted by atomic mass is 35.5. The maximum absolute atomic E-state index is 13.7. The molecule has 6 heteroatoms. The lowest BCUT2D eigenvalue weighted by Gasteiger charge is -2.44. The smallest absolute Gasteiger partial charge is 0.271 e. The van der Waals surface area contributed by atoms with Crippen LogP contribution in [0.1, 0.15) is 43.2 Å². The minimum absolute atomic E-state index is 0.126. The molecule has 2 amide bonds. The van der Waals surface area contributed by atoms with E-state index in [9.17, 15) is 9.59 Å². The highest BCUT2D eigenvalue weighted by molar-refractivity contribution is 6.30. The molecule has 5 nitrogen and oxygen atoms in total. The van der Waals surface area contributed by atoms with Crippen LogP contribution in [0.5, 0.6) is 0 Å². The molecule has 0 fully saturated rings. The van der Waals surface area contributed by atoms with Crippen molar-refractivity contribution < 1.29 is 9.59 Å². The Morgan fingerprint density at radius 2 is 1.87 bits per heavy atom. The maximum Gasteiger partial charge on any atom is 0.271 e. The van der Waals surface area contributed by atoms with E-state index in [0.717, 1.165) is 22.9 Å². The van der Waals surface area contributed by atoms with Crippen molar-refractivity contribution >= 4 is 34.3 Å². The zero-order valence-corrected chi connectivity index (χ0v) is 18.9. The number of nitrogens with zero attached hydrogens (tertiary/aromatic N) is 2. The number of para-hydroxylation sites is 1. The van der Waals surface area contributed by atoms with E-state index in [1.165, 1.54) is 0 Å². The predicted octanol–water partition coefficient (Wildman–Crippen LogP) is 4.87. The first-order chi connectivity index (χ1) is 14.8. The van der Waals surface area contributed by atoms with Crippen LogP contribution in [0.15, 0.2) is 54.6 Å². The summed E-state index contributed by atoms with van der Waals surface area (Å²) in [5.41, 5.74) is 1.51. The summed E-state index contributed by atoms with van der Waals surface area (Å²) in [5.74, 6) is 0.226. The summed E-state index contributed by atoms with van der Waals surface area (Å²) in [4.78, 5) is 28.8. The lowest BCUT2D eigenvalue weighted by atomic mass is 9.93. The van der Waals surface area contributed by atoms with Gasteiger partial charge in [0.15, 0.2) is 0 Å². The first-order valence-electron chi connectivity index (χ1n) is 10.7. The van der Waals surface area contributed by atoms with Gasteiger partial charge >= 0.3 is 0 Å². The maximum atomic E-state index is 13.7. The van der Waals surface area contributed by atoms with E-state index < -0.39 is 5.54 Å².